The van der Waals surface area contributed by atoms with Crippen molar-refractivity contribution in [2.75, 3.05) is 30.8 Å². The fraction of sp³-hybridized carbons (Fsp3) is 0.240. The van der Waals surface area contributed by atoms with Crippen LogP contribution in [-0.4, -0.2) is 40.8 Å². The summed E-state index contributed by atoms with van der Waals surface area (Å²) in [7, 11) is -1.88. The number of nitrogens with one attached hydrogen (secondary N) is 1. The van der Waals surface area contributed by atoms with E-state index in [0.717, 1.165) is 11.1 Å². The lowest BCUT2D eigenvalue weighted by atomic mass is 10.1. The van der Waals surface area contributed by atoms with E-state index in [1.54, 1.807) is 43.5 Å². The molecule has 0 aromatic heterocycles. The average Bonchev–Trinajstić information content (AvgIpc) is 2.80. The maximum absolute atomic E-state index is 12.4. The van der Waals surface area contributed by atoms with E-state index in [9.17, 15) is 13.2 Å². The SMILES string of the molecule is COc1cccc(OCCNC(=O)c2ccc(CN(c3cccc(C)c3)S(C)(=O)=O)cc2)c1. The van der Waals surface area contributed by atoms with E-state index in [-0.39, 0.29) is 12.5 Å². The summed E-state index contributed by atoms with van der Waals surface area (Å²) in [5, 5.41) is 2.81. The molecule has 1 N–H and O–H groups in total. The molecule has 0 atom stereocenters. The molecule has 0 aliphatic heterocycles. The normalized spacial score (nSPS) is 11.0. The standard InChI is InChI=1S/C25H28N2O5S/c1-19-6-4-7-22(16-19)27(33(3,29)30)18-20-10-12-21(13-11-20)25(28)26-14-15-32-24-9-5-8-23(17-24)31-2/h4-13,16-17H,14-15,18H2,1-3H3,(H,26,28). The molecule has 3 aromatic rings. The highest BCUT2D eigenvalue weighted by atomic mass is 32.2. The minimum atomic E-state index is -3.47. The van der Waals surface area contributed by atoms with Gasteiger partial charge in [0.15, 0.2) is 0 Å². The highest BCUT2D eigenvalue weighted by Crippen LogP contribution is 2.22. The van der Waals surface area contributed by atoms with Gasteiger partial charge in [0.2, 0.25) is 10.0 Å². The first-order valence-corrected chi connectivity index (χ1v) is 12.3. The summed E-state index contributed by atoms with van der Waals surface area (Å²) in [6.07, 6.45) is 1.19. The molecule has 0 aliphatic carbocycles. The Morgan fingerprint density at radius 2 is 1.67 bits per heavy atom. The number of aryl methyl sites for hydroxylation is 1. The number of methoxy groups -OCH3 is 1. The third kappa shape index (κ3) is 6.98. The third-order valence-electron chi connectivity index (χ3n) is 4.93. The van der Waals surface area contributed by atoms with Crippen molar-refractivity contribution in [2.45, 2.75) is 13.5 Å². The van der Waals surface area contributed by atoms with Gasteiger partial charge in [-0.2, -0.15) is 0 Å². The molecule has 0 saturated carbocycles. The van der Waals surface area contributed by atoms with E-state index in [0.29, 0.717) is 35.9 Å². The smallest absolute Gasteiger partial charge is 0.251 e. The third-order valence-corrected chi connectivity index (χ3v) is 6.07. The van der Waals surface area contributed by atoms with Crippen LogP contribution in [0.4, 0.5) is 5.69 Å². The second kappa shape index (κ2) is 10.9. The van der Waals surface area contributed by atoms with Crippen molar-refractivity contribution in [1.29, 1.82) is 0 Å². The van der Waals surface area contributed by atoms with Gasteiger partial charge in [0.1, 0.15) is 18.1 Å². The number of anilines is 1. The number of carbonyl (C=O) groups is 1. The Morgan fingerprint density at radius 1 is 0.970 bits per heavy atom. The van der Waals surface area contributed by atoms with Crippen LogP contribution in [0.2, 0.25) is 0 Å². The van der Waals surface area contributed by atoms with Crippen LogP contribution < -0.4 is 19.1 Å². The van der Waals surface area contributed by atoms with E-state index in [4.69, 9.17) is 9.47 Å². The van der Waals surface area contributed by atoms with Crippen LogP contribution in [0.1, 0.15) is 21.5 Å². The second-order valence-corrected chi connectivity index (χ2v) is 9.50. The first-order valence-electron chi connectivity index (χ1n) is 10.4. The van der Waals surface area contributed by atoms with E-state index in [2.05, 4.69) is 5.32 Å². The number of ether oxygens (including phenoxy) is 2. The van der Waals surface area contributed by atoms with Gasteiger partial charge in [0.25, 0.3) is 5.91 Å². The minimum Gasteiger partial charge on any atom is -0.497 e. The largest absolute Gasteiger partial charge is 0.497 e. The number of nitrogens with zero attached hydrogens (tertiary/aromatic N) is 1. The van der Waals surface area contributed by atoms with Gasteiger partial charge in [-0.3, -0.25) is 9.10 Å². The van der Waals surface area contributed by atoms with Gasteiger partial charge in [-0.05, 0) is 54.4 Å². The summed E-state index contributed by atoms with van der Waals surface area (Å²) in [6, 6.07) is 21.5. The number of carbonyl (C=O) groups excluding carboxylic acids is 1. The van der Waals surface area contributed by atoms with Gasteiger partial charge in [-0.1, -0.05) is 30.3 Å². The second-order valence-electron chi connectivity index (χ2n) is 7.59. The molecule has 7 nitrogen and oxygen atoms in total. The number of hydrogen-bond acceptors (Lipinski definition) is 5. The predicted octanol–water partition coefficient (Wildman–Crippen LogP) is 3.78. The Balaban J connectivity index is 1.56. The summed E-state index contributed by atoms with van der Waals surface area (Å²) in [6.45, 7) is 2.75. The van der Waals surface area contributed by atoms with Crippen molar-refractivity contribution in [3.8, 4) is 11.5 Å². The Hall–Kier alpha value is -3.52. The van der Waals surface area contributed by atoms with Crippen LogP contribution >= 0.6 is 0 Å². The van der Waals surface area contributed by atoms with Crippen LogP contribution in [-0.2, 0) is 16.6 Å². The van der Waals surface area contributed by atoms with Crippen molar-refractivity contribution in [2.24, 2.45) is 0 Å². The molecule has 0 aliphatic rings. The Morgan fingerprint density at radius 3 is 2.33 bits per heavy atom. The van der Waals surface area contributed by atoms with E-state index in [1.807, 2.05) is 43.3 Å². The number of rotatable bonds is 10. The highest BCUT2D eigenvalue weighted by Gasteiger charge is 2.18. The van der Waals surface area contributed by atoms with Gasteiger partial charge >= 0.3 is 0 Å². The van der Waals surface area contributed by atoms with Gasteiger partial charge in [-0.15, -0.1) is 0 Å². The molecule has 3 rings (SSSR count). The first-order chi connectivity index (χ1) is 15.8. The average molecular weight is 469 g/mol. The maximum Gasteiger partial charge on any atom is 0.251 e. The zero-order valence-electron chi connectivity index (χ0n) is 18.9. The Bertz CT molecular complexity index is 1190. The lowest BCUT2D eigenvalue weighted by Gasteiger charge is -2.23. The quantitative estimate of drug-likeness (QED) is 0.458. The molecule has 0 saturated heterocycles. The van der Waals surface area contributed by atoms with Crippen LogP contribution in [0.15, 0.2) is 72.8 Å². The maximum atomic E-state index is 12.4. The molecule has 0 radical (unpaired) electrons. The minimum absolute atomic E-state index is 0.179. The lowest BCUT2D eigenvalue weighted by molar-refractivity contribution is 0.0947. The molecule has 0 spiro atoms. The molecule has 0 bridgehead atoms. The molecule has 0 heterocycles. The van der Waals surface area contributed by atoms with Crippen molar-refractivity contribution in [3.05, 3.63) is 89.5 Å². The summed E-state index contributed by atoms with van der Waals surface area (Å²) in [5.74, 6) is 1.14. The molecule has 33 heavy (non-hydrogen) atoms. The van der Waals surface area contributed by atoms with Crippen molar-refractivity contribution >= 4 is 21.6 Å². The predicted molar refractivity (Wildman–Crippen MR) is 129 cm³/mol. The van der Waals surface area contributed by atoms with Gasteiger partial charge in [-0.25, -0.2) is 8.42 Å². The van der Waals surface area contributed by atoms with Crippen LogP contribution in [0.3, 0.4) is 0 Å². The number of benzene rings is 3. The monoisotopic (exact) mass is 468 g/mol. The Kier molecular flexibility index (Phi) is 7.95. The molecule has 0 unspecified atom stereocenters. The number of hydrogen-bond donors (Lipinski definition) is 1. The van der Waals surface area contributed by atoms with Crippen molar-refractivity contribution in [3.63, 3.8) is 0 Å². The van der Waals surface area contributed by atoms with Crippen LogP contribution in [0, 0.1) is 6.92 Å². The fourth-order valence-electron chi connectivity index (χ4n) is 3.24. The molecule has 1 amide bonds. The molecular weight excluding hydrogens is 440 g/mol. The lowest BCUT2D eigenvalue weighted by Crippen LogP contribution is -2.29. The summed E-state index contributed by atoms with van der Waals surface area (Å²) in [4.78, 5) is 12.4. The van der Waals surface area contributed by atoms with E-state index < -0.39 is 10.0 Å². The van der Waals surface area contributed by atoms with Crippen molar-refractivity contribution < 1.29 is 22.7 Å². The van der Waals surface area contributed by atoms with Crippen LogP contribution in [0.25, 0.3) is 0 Å². The van der Waals surface area contributed by atoms with E-state index >= 15 is 0 Å². The number of sulfonamides is 1. The van der Waals surface area contributed by atoms with E-state index in [1.165, 1.54) is 10.6 Å². The van der Waals surface area contributed by atoms with Crippen molar-refractivity contribution in [1.82, 2.24) is 5.32 Å². The zero-order chi connectivity index (χ0) is 23.8. The molecule has 3 aromatic carbocycles. The zero-order valence-corrected chi connectivity index (χ0v) is 19.8. The molecule has 8 heteroatoms. The topological polar surface area (TPSA) is 84.9 Å². The molecule has 0 fully saturated rings. The molecule has 174 valence electrons. The van der Waals surface area contributed by atoms with Gasteiger partial charge < -0.3 is 14.8 Å². The highest BCUT2D eigenvalue weighted by molar-refractivity contribution is 7.92. The Labute approximate surface area is 195 Å². The first kappa shape index (κ1) is 24.1. The van der Waals surface area contributed by atoms with Crippen LogP contribution in [0.5, 0.6) is 11.5 Å². The van der Waals surface area contributed by atoms with Gasteiger partial charge in [0, 0.05) is 11.6 Å². The summed E-state index contributed by atoms with van der Waals surface area (Å²) < 4.78 is 36.8. The summed E-state index contributed by atoms with van der Waals surface area (Å²) >= 11 is 0. The summed E-state index contributed by atoms with van der Waals surface area (Å²) in [5.41, 5.74) is 2.85. The fourth-order valence-corrected chi connectivity index (χ4v) is 4.12. The number of amides is 1. The van der Waals surface area contributed by atoms with Gasteiger partial charge in [0.05, 0.1) is 32.1 Å². The molecular formula is C25H28N2O5S.